The summed E-state index contributed by atoms with van der Waals surface area (Å²) in [6.07, 6.45) is 6.09. The predicted octanol–water partition coefficient (Wildman–Crippen LogP) is 2.02. The molecule has 2 heteroatoms. The van der Waals surface area contributed by atoms with Crippen molar-refractivity contribution in [2.75, 3.05) is 13.1 Å². The van der Waals surface area contributed by atoms with Crippen molar-refractivity contribution in [1.29, 1.82) is 0 Å². The van der Waals surface area contributed by atoms with Crippen molar-refractivity contribution in [1.82, 2.24) is 4.90 Å². The highest BCUT2D eigenvalue weighted by Gasteiger charge is 2.18. The maximum Gasteiger partial charge on any atom is 0.0664 e. The molecule has 1 unspecified atom stereocenters. The first kappa shape index (κ1) is 11.0. The molecule has 13 heavy (non-hydrogen) atoms. The number of β-amino-alcohol motifs (C(OH)–C–C–N with tert-alkyl or cyclic N) is 1. The van der Waals surface area contributed by atoms with Gasteiger partial charge in [-0.25, -0.2) is 0 Å². The SMILES string of the molecule is CC[C@@H](O)CN1CCCCCC1C. The second kappa shape index (κ2) is 5.61. The highest BCUT2D eigenvalue weighted by Crippen LogP contribution is 2.16. The number of hydrogen-bond acceptors (Lipinski definition) is 2. The Morgan fingerprint density at radius 3 is 2.85 bits per heavy atom. The van der Waals surface area contributed by atoms with Gasteiger partial charge in [0.05, 0.1) is 6.10 Å². The minimum Gasteiger partial charge on any atom is -0.392 e. The van der Waals surface area contributed by atoms with E-state index in [1.807, 2.05) is 6.92 Å². The molecule has 0 saturated carbocycles. The summed E-state index contributed by atoms with van der Waals surface area (Å²) >= 11 is 0. The van der Waals surface area contributed by atoms with E-state index in [1.54, 1.807) is 0 Å². The van der Waals surface area contributed by atoms with Gasteiger partial charge in [-0.3, -0.25) is 4.90 Å². The van der Waals surface area contributed by atoms with Crippen LogP contribution in [-0.2, 0) is 0 Å². The molecule has 1 heterocycles. The van der Waals surface area contributed by atoms with Gasteiger partial charge in [0.2, 0.25) is 0 Å². The van der Waals surface area contributed by atoms with Gasteiger partial charge >= 0.3 is 0 Å². The average Bonchev–Trinajstić information content (AvgIpc) is 2.32. The van der Waals surface area contributed by atoms with E-state index in [0.29, 0.717) is 6.04 Å². The number of rotatable bonds is 3. The molecule has 0 radical (unpaired) electrons. The zero-order valence-electron chi connectivity index (χ0n) is 9.00. The Balaban J connectivity index is 2.35. The standard InChI is InChI=1S/C11H23NO/c1-3-11(13)9-12-8-6-4-5-7-10(12)2/h10-11,13H,3-9H2,1-2H3/t10?,11-/m1/s1. The lowest BCUT2D eigenvalue weighted by Crippen LogP contribution is -2.38. The van der Waals surface area contributed by atoms with Gasteiger partial charge in [-0.2, -0.15) is 0 Å². The predicted molar refractivity (Wildman–Crippen MR) is 55.8 cm³/mol. The Labute approximate surface area is 81.9 Å². The molecular formula is C11H23NO. The summed E-state index contributed by atoms with van der Waals surface area (Å²) in [4.78, 5) is 2.45. The zero-order valence-corrected chi connectivity index (χ0v) is 9.00. The lowest BCUT2D eigenvalue weighted by Gasteiger charge is -2.28. The molecule has 0 amide bonds. The van der Waals surface area contributed by atoms with Crippen LogP contribution in [0.5, 0.6) is 0 Å². The van der Waals surface area contributed by atoms with E-state index in [0.717, 1.165) is 13.0 Å². The van der Waals surface area contributed by atoms with E-state index in [4.69, 9.17) is 0 Å². The third-order valence-electron chi connectivity index (χ3n) is 3.11. The topological polar surface area (TPSA) is 23.5 Å². The number of likely N-dealkylation sites (tertiary alicyclic amines) is 1. The molecule has 1 saturated heterocycles. The molecule has 1 aliphatic rings. The van der Waals surface area contributed by atoms with Crippen LogP contribution in [0.15, 0.2) is 0 Å². The minimum absolute atomic E-state index is 0.124. The Morgan fingerprint density at radius 2 is 2.15 bits per heavy atom. The minimum atomic E-state index is -0.124. The molecule has 2 nitrogen and oxygen atoms in total. The Bertz CT molecular complexity index is 138. The van der Waals surface area contributed by atoms with Gasteiger partial charge in [0, 0.05) is 12.6 Å². The largest absolute Gasteiger partial charge is 0.392 e. The van der Waals surface area contributed by atoms with Crippen LogP contribution >= 0.6 is 0 Å². The smallest absolute Gasteiger partial charge is 0.0664 e. The fourth-order valence-corrected chi connectivity index (χ4v) is 2.01. The second-order valence-electron chi connectivity index (χ2n) is 4.26. The monoisotopic (exact) mass is 185 g/mol. The third-order valence-corrected chi connectivity index (χ3v) is 3.11. The summed E-state index contributed by atoms with van der Waals surface area (Å²) in [5.74, 6) is 0. The Morgan fingerprint density at radius 1 is 1.38 bits per heavy atom. The van der Waals surface area contributed by atoms with E-state index in [-0.39, 0.29) is 6.10 Å². The molecule has 0 bridgehead atoms. The van der Waals surface area contributed by atoms with Gasteiger partial charge in [-0.1, -0.05) is 19.8 Å². The second-order valence-corrected chi connectivity index (χ2v) is 4.26. The molecule has 0 aromatic carbocycles. The summed E-state index contributed by atoms with van der Waals surface area (Å²) < 4.78 is 0. The van der Waals surface area contributed by atoms with E-state index in [1.165, 1.54) is 32.2 Å². The van der Waals surface area contributed by atoms with Crippen LogP contribution in [0.1, 0.15) is 46.0 Å². The van der Waals surface area contributed by atoms with Crippen molar-refractivity contribution in [2.45, 2.75) is 58.1 Å². The molecule has 2 atom stereocenters. The van der Waals surface area contributed by atoms with Crippen LogP contribution in [0.2, 0.25) is 0 Å². The molecule has 0 aromatic heterocycles. The van der Waals surface area contributed by atoms with E-state index < -0.39 is 0 Å². The van der Waals surface area contributed by atoms with Crippen LogP contribution in [0.3, 0.4) is 0 Å². The van der Waals surface area contributed by atoms with E-state index >= 15 is 0 Å². The van der Waals surface area contributed by atoms with Crippen LogP contribution < -0.4 is 0 Å². The summed E-state index contributed by atoms with van der Waals surface area (Å²) in [7, 11) is 0. The van der Waals surface area contributed by atoms with Crippen LogP contribution in [-0.4, -0.2) is 35.2 Å². The molecule has 1 N–H and O–H groups in total. The van der Waals surface area contributed by atoms with Crippen LogP contribution in [0.25, 0.3) is 0 Å². The fraction of sp³-hybridized carbons (Fsp3) is 1.00. The van der Waals surface area contributed by atoms with Crippen molar-refractivity contribution >= 4 is 0 Å². The fourth-order valence-electron chi connectivity index (χ4n) is 2.01. The summed E-state index contributed by atoms with van der Waals surface area (Å²) in [5, 5.41) is 9.58. The van der Waals surface area contributed by atoms with Crippen molar-refractivity contribution in [3.8, 4) is 0 Å². The van der Waals surface area contributed by atoms with Gasteiger partial charge in [0.15, 0.2) is 0 Å². The average molecular weight is 185 g/mol. The van der Waals surface area contributed by atoms with Gasteiger partial charge < -0.3 is 5.11 Å². The molecule has 0 aromatic rings. The molecule has 1 fully saturated rings. The number of aliphatic hydroxyl groups excluding tert-OH is 1. The van der Waals surface area contributed by atoms with E-state index in [2.05, 4.69) is 11.8 Å². The molecule has 0 spiro atoms. The Hall–Kier alpha value is -0.0800. The van der Waals surface area contributed by atoms with Crippen LogP contribution in [0, 0.1) is 0 Å². The van der Waals surface area contributed by atoms with Gasteiger partial charge in [0.25, 0.3) is 0 Å². The third kappa shape index (κ3) is 3.65. The van der Waals surface area contributed by atoms with Crippen LogP contribution in [0.4, 0.5) is 0 Å². The quantitative estimate of drug-likeness (QED) is 0.727. The number of nitrogens with zero attached hydrogens (tertiary/aromatic N) is 1. The van der Waals surface area contributed by atoms with Gasteiger partial charge in [-0.15, -0.1) is 0 Å². The normalized spacial score (nSPS) is 28.4. The number of hydrogen-bond donors (Lipinski definition) is 1. The molecule has 1 aliphatic heterocycles. The molecule has 0 aliphatic carbocycles. The van der Waals surface area contributed by atoms with Crippen molar-refractivity contribution in [3.05, 3.63) is 0 Å². The first-order valence-corrected chi connectivity index (χ1v) is 5.66. The maximum atomic E-state index is 9.58. The highest BCUT2D eigenvalue weighted by molar-refractivity contribution is 4.73. The zero-order chi connectivity index (χ0) is 9.68. The molecule has 1 rings (SSSR count). The molecular weight excluding hydrogens is 162 g/mol. The lowest BCUT2D eigenvalue weighted by molar-refractivity contribution is 0.0902. The summed E-state index contributed by atoms with van der Waals surface area (Å²) in [6, 6.07) is 0.670. The van der Waals surface area contributed by atoms with Gasteiger partial charge in [0.1, 0.15) is 0 Å². The van der Waals surface area contributed by atoms with Crippen molar-refractivity contribution in [2.24, 2.45) is 0 Å². The maximum absolute atomic E-state index is 9.58. The lowest BCUT2D eigenvalue weighted by atomic mass is 10.1. The number of aliphatic hydroxyl groups is 1. The summed E-state index contributed by atoms with van der Waals surface area (Å²) in [6.45, 7) is 6.39. The van der Waals surface area contributed by atoms with E-state index in [9.17, 15) is 5.11 Å². The molecule has 78 valence electrons. The Kier molecular flexibility index (Phi) is 4.74. The highest BCUT2D eigenvalue weighted by atomic mass is 16.3. The first-order chi connectivity index (χ1) is 6.24. The van der Waals surface area contributed by atoms with Crippen molar-refractivity contribution < 1.29 is 5.11 Å². The van der Waals surface area contributed by atoms with Gasteiger partial charge in [-0.05, 0) is 32.7 Å². The van der Waals surface area contributed by atoms with Crippen molar-refractivity contribution in [3.63, 3.8) is 0 Å². The first-order valence-electron chi connectivity index (χ1n) is 5.66. The summed E-state index contributed by atoms with van der Waals surface area (Å²) in [5.41, 5.74) is 0.